The first-order valence-electron chi connectivity index (χ1n) is 15.0. The molecule has 4 rings (SSSR count). The van der Waals surface area contributed by atoms with Gasteiger partial charge in [-0.1, -0.05) is 41.5 Å². The van der Waals surface area contributed by atoms with Crippen LogP contribution >= 0.6 is 0 Å². The third-order valence-electron chi connectivity index (χ3n) is 9.45. The van der Waals surface area contributed by atoms with Gasteiger partial charge in [0.05, 0.1) is 25.3 Å². The molecular weight excluding hydrogens is 577 g/mol. The van der Waals surface area contributed by atoms with Gasteiger partial charge >= 0.3 is 0 Å². The Kier molecular flexibility index (Phi) is 8.54. The van der Waals surface area contributed by atoms with Crippen LogP contribution in [-0.4, -0.2) is 99.8 Å². The average Bonchev–Trinajstić information content (AvgIpc) is 3.31. The van der Waals surface area contributed by atoms with Gasteiger partial charge in [0.25, 0.3) is 11.8 Å². The Morgan fingerprint density at radius 1 is 0.667 bits per heavy atom. The van der Waals surface area contributed by atoms with E-state index in [-0.39, 0.29) is 35.0 Å². The van der Waals surface area contributed by atoms with Gasteiger partial charge in [-0.2, -0.15) is 0 Å². The van der Waals surface area contributed by atoms with Crippen molar-refractivity contribution in [2.24, 2.45) is 10.4 Å². The lowest BCUT2D eigenvalue weighted by molar-refractivity contribution is -0.161. The zero-order chi connectivity index (χ0) is 31.8. The maximum atomic E-state index is 13.5. The van der Waals surface area contributed by atoms with E-state index in [1.807, 2.05) is 0 Å². The predicted octanol–water partition coefficient (Wildman–Crippen LogP) is 4.77. The smallest absolute Gasteiger partial charge is 0.276 e. The van der Waals surface area contributed by atoms with Gasteiger partial charge in [-0.05, 0) is 74.4 Å². The van der Waals surface area contributed by atoms with Gasteiger partial charge < -0.3 is 27.8 Å². The predicted molar refractivity (Wildman–Crippen MR) is 160 cm³/mol. The van der Waals surface area contributed by atoms with Crippen LogP contribution in [0.1, 0.15) is 69.2 Å². The van der Waals surface area contributed by atoms with Gasteiger partial charge in [0.1, 0.15) is 12.2 Å². The SMILES string of the molecule is CC1(C)O[C@@H]2[C@H](O[Si](C)(C)C(C)(C)C)CN(/N=N/N3C[C@@H](O[Si](C)(C)C(C)(C)C)[C@H]4OC(C)(C)O[C@H]4C3=O)C(=O)[C@@H]2O1. The quantitative estimate of drug-likeness (QED) is 0.305. The van der Waals surface area contributed by atoms with Crippen molar-refractivity contribution in [3.05, 3.63) is 0 Å². The van der Waals surface area contributed by atoms with Crippen LogP contribution in [0, 0.1) is 0 Å². The zero-order valence-electron chi connectivity index (χ0n) is 27.9. The van der Waals surface area contributed by atoms with E-state index in [1.54, 1.807) is 27.7 Å². The molecule has 4 aliphatic rings. The number of nitrogens with zero attached hydrogens (tertiary/aromatic N) is 4. The number of amides is 2. The molecule has 0 saturated carbocycles. The van der Waals surface area contributed by atoms with Crippen LogP contribution in [0.5, 0.6) is 0 Å². The van der Waals surface area contributed by atoms with Gasteiger partial charge in [0, 0.05) is 0 Å². The first kappa shape index (κ1) is 33.6. The standard InChI is InChI=1S/C28H52N4O8Si2/c1-25(2,3)41(11,12)39-17-15-31(23(33)21-19(17)35-27(7,8)37-21)29-30-32-16-18(40-42(13,14)26(4,5)6)20-22(24(32)34)38-28(9,10)36-20/h17-22H,15-16H2,1-14H3/b30-29+/t17-,18-,19-,20-,21-,22-/m1/s1. The lowest BCUT2D eigenvalue weighted by atomic mass is 10.0. The Morgan fingerprint density at radius 3 is 1.26 bits per heavy atom. The molecule has 0 bridgehead atoms. The van der Waals surface area contributed by atoms with Crippen LogP contribution in [0.3, 0.4) is 0 Å². The number of ether oxygens (including phenoxy) is 4. The summed E-state index contributed by atoms with van der Waals surface area (Å²) in [6, 6.07) is 0. The first-order chi connectivity index (χ1) is 18.8. The van der Waals surface area contributed by atoms with E-state index >= 15 is 0 Å². The minimum absolute atomic E-state index is 0.0572. The van der Waals surface area contributed by atoms with Crippen LogP contribution in [-0.2, 0) is 37.4 Å². The summed E-state index contributed by atoms with van der Waals surface area (Å²) < 4.78 is 37.8. The van der Waals surface area contributed by atoms with Gasteiger partial charge in [0.15, 0.2) is 40.4 Å². The Balaban J connectivity index is 1.60. The zero-order valence-corrected chi connectivity index (χ0v) is 29.9. The van der Waals surface area contributed by atoms with Crippen molar-refractivity contribution in [2.75, 3.05) is 13.1 Å². The molecule has 0 aromatic heterocycles. The van der Waals surface area contributed by atoms with Crippen LogP contribution < -0.4 is 0 Å². The highest BCUT2D eigenvalue weighted by Gasteiger charge is 2.58. The second-order valence-electron chi connectivity index (χ2n) is 15.9. The minimum Gasteiger partial charge on any atom is -0.409 e. The Labute approximate surface area is 252 Å². The van der Waals surface area contributed by atoms with Crippen molar-refractivity contribution in [3.63, 3.8) is 0 Å². The third-order valence-corrected chi connectivity index (χ3v) is 18.5. The van der Waals surface area contributed by atoms with E-state index in [2.05, 4.69) is 78.2 Å². The molecular formula is C28H52N4O8Si2. The summed E-state index contributed by atoms with van der Waals surface area (Å²) in [5.74, 6) is -2.68. The largest absolute Gasteiger partial charge is 0.409 e. The molecule has 0 radical (unpaired) electrons. The van der Waals surface area contributed by atoms with E-state index in [9.17, 15) is 9.59 Å². The van der Waals surface area contributed by atoms with E-state index < -0.39 is 64.8 Å². The summed E-state index contributed by atoms with van der Waals surface area (Å²) in [7, 11) is -4.49. The fourth-order valence-electron chi connectivity index (χ4n) is 5.10. The molecule has 14 heteroatoms. The van der Waals surface area contributed by atoms with Crippen molar-refractivity contribution in [3.8, 4) is 0 Å². The Bertz CT molecular complexity index is 1020. The van der Waals surface area contributed by atoms with Crippen molar-refractivity contribution in [2.45, 2.75) is 154 Å². The van der Waals surface area contributed by atoms with E-state index in [0.29, 0.717) is 0 Å². The fraction of sp³-hybridized carbons (Fsp3) is 0.929. The number of hydrogen-bond acceptors (Lipinski definition) is 10. The Morgan fingerprint density at radius 2 is 0.976 bits per heavy atom. The number of fused-ring (bicyclic) bond motifs is 2. The van der Waals surface area contributed by atoms with Crippen molar-refractivity contribution >= 4 is 28.4 Å². The van der Waals surface area contributed by atoms with Gasteiger partial charge in [-0.3, -0.25) is 9.59 Å². The molecule has 0 aromatic rings. The van der Waals surface area contributed by atoms with Crippen molar-refractivity contribution in [1.29, 1.82) is 0 Å². The summed E-state index contributed by atoms with van der Waals surface area (Å²) in [4.78, 5) is 27.1. The maximum absolute atomic E-state index is 13.5. The highest BCUT2D eigenvalue weighted by molar-refractivity contribution is 6.74. The summed E-state index contributed by atoms with van der Waals surface area (Å²) in [6.45, 7) is 28.9. The molecule has 6 atom stereocenters. The van der Waals surface area contributed by atoms with Crippen molar-refractivity contribution in [1.82, 2.24) is 10.0 Å². The molecule has 4 saturated heterocycles. The molecule has 0 aromatic carbocycles. The fourth-order valence-corrected chi connectivity index (χ4v) is 7.74. The second-order valence-corrected chi connectivity index (χ2v) is 25.4. The number of rotatable bonds is 6. The molecule has 0 aliphatic carbocycles. The molecule has 240 valence electrons. The molecule has 2 amide bonds. The maximum Gasteiger partial charge on any atom is 0.276 e. The average molecular weight is 629 g/mol. The molecule has 0 unspecified atom stereocenters. The van der Waals surface area contributed by atoms with E-state index in [1.165, 1.54) is 10.0 Å². The second kappa shape index (κ2) is 10.7. The van der Waals surface area contributed by atoms with Gasteiger partial charge in [-0.15, -0.1) is 0 Å². The van der Waals surface area contributed by atoms with Gasteiger partial charge in [0.2, 0.25) is 0 Å². The topological polar surface area (TPSA) is 121 Å². The number of carbonyl (C=O) groups excluding carboxylic acids is 2. The van der Waals surface area contributed by atoms with Crippen LogP contribution in [0.2, 0.25) is 36.3 Å². The summed E-state index contributed by atoms with van der Waals surface area (Å²) >= 11 is 0. The minimum atomic E-state index is -2.25. The molecule has 4 heterocycles. The van der Waals surface area contributed by atoms with Crippen LogP contribution in [0.4, 0.5) is 0 Å². The molecule has 0 spiro atoms. The molecule has 42 heavy (non-hydrogen) atoms. The number of carbonyl (C=O) groups is 2. The van der Waals surface area contributed by atoms with Crippen LogP contribution in [0.25, 0.3) is 0 Å². The lowest BCUT2D eigenvalue weighted by Crippen LogP contribution is -2.61. The van der Waals surface area contributed by atoms with Crippen LogP contribution in [0.15, 0.2) is 10.4 Å². The normalized spacial score (nSPS) is 33.9. The van der Waals surface area contributed by atoms with E-state index in [0.717, 1.165) is 0 Å². The van der Waals surface area contributed by atoms with Crippen molar-refractivity contribution < 1.29 is 37.4 Å². The Hall–Kier alpha value is -1.27. The first-order valence-corrected chi connectivity index (χ1v) is 20.8. The highest BCUT2D eigenvalue weighted by atomic mass is 28.4. The highest BCUT2D eigenvalue weighted by Crippen LogP contribution is 2.43. The molecule has 4 fully saturated rings. The summed E-state index contributed by atoms with van der Waals surface area (Å²) in [6.07, 6.45) is -3.88. The third kappa shape index (κ3) is 6.55. The molecule has 0 N–H and O–H groups in total. The molecule has 4 aliphatic heterocycles. The van der Waals surface area contributed by atoms with Gasteiger partial charge in [-0.25, -0.2) is 10.0 Å². The monoisotopic (exact) mass is 628 g/mol. The summed E-state index contributed by atoms with van der Waals surface area (Å²) in [5, 5.41) is 10.9. The lowest BCUT2D eigenvalue weighted by Gasteiger charge is -2.44. The number of piperidine rings is 2. The van der Waals surface area contributed by atoms with E-state index in [4.69, 9.17) is 27.8 Å². The number of hydrogen-bond donors (Lipinski definition) is 0. The molecule has 12 nitrogen and oxygen atoms in total. The summed E-state index contributed by atoms with van der Waals surface area (Å²) in [5.41, 5.74) is 0.